The molecule has 3 rings (SSSR count). The van der Waals surface area contributed by atoms with Crippen molar-refractivity contribution in [3.63, 3.8) is 0 Å². The summed E-state index contributed by atoms with van der Waals surface area (Å²) in [6.45, 7) is 6.72. The lowest BCUT2D eigenvalue weighted by Gasteiger charge is -2.09. The highest BCUT2D eigenvalue weighted by molar-refractivity contribution is 7.17. The Kier molecular flexibility index (Phi) is 6.25. The Balaban J connectivity index is 1.84. The minimum atomic E-state index is -0.462. The molecular formula is C17H23N5O5S. The van der Waals surface area contributed by atoms with Crippen molar-refractivity contribution >= 4 is 28.1 Å². The largest absolute Gasteiger partial charge is 0.462 e. The van der Waals surface area contributed by atoms with E-state index >= 15 is 0 Å². The summed E-state index contributed by atoms with van der Waals surface area (Å²) in [4.78, 5) is 28.0. The van der Waals surface area contributed by atoms with Crippen LogP contribution in [0.15, 0.2) is 0 Å². The van der Waals surface area contributed by atoms with Crippen LogP contribution in [-0.2, 0) is 16.0 Å². The van der Waals surface area contributed by atoms with Crippen LogP contribution in [0.4, 0.5) is 10.8 Å². The second-order valence-corrected chi connectivity index (χ2v) is 7.46. The van der Waals surface area contributed by atoms with Gasteiger partial charge >= 0.3 is 11.7 Å². The van der Waals surface area contributed by atoms with E-state index in [1.165, 1.54) is 16.0 Å². The third kappa shape index (κ3) is 4.30. The average Bonchev–Trinajstić information content (AvgIpc) is 3.34. The van der Waals surface area contributed by atoms with E-state index < -0.39 is 10.9 Å². The van der Waals surface area contributed by atoms with Crippen LogP contribution in [0.5, 0.6) is 0 Å². The highest BCUT2D eigenvalue weighted by Gasteiger charge is 2.25. The summed E-state index contributed by atoms with van der Waals surface area (Å²) in [5, 5.41) is 19.3. The molecule has 1 saturated heterocycles. The first-order chi connectivity index (χ1) is 13.4. The van der Waals surface area contributed by atoms with Gasteiger partial charge in [-0.1, -0.05) is 11.3 Å². The lowest BCUT2D eigenvalue weighted by atomic mass is 10.2. The number of aryl methyl sites for hydroxylation is 1. The van der Waals surface area contributed by atoms with Gasteiger partial charge in [-0.2, -0.15) is 5.10 Å². The maximum atomic E-state index is 12.4. The maximum Gasteiger partial charge on any atom is 0.350 e. The molecule has 3 heterocycles. The van der Waals surface area contributed by atoms with E-state index in [0.29, 0.717) is 33.6 Å². The minimum Gasteiger partial charge on any atom is -0.462 e. The number of nitrogens with zero attached hydrogens (tertiary/aromatic N) is 4. The van der Waals surface area contributed by atoms with Crippen LogP contribution in [0.3, 0.4) is 0 Å². The molecule has 28 heavy (non-hydrogen) atoms. The standard InChI is InChI=1S/C17H23N5O5S/c1-4-26-16(23)15-13(9-21-11(3)14(22(24)25)10(2)20-21)19-17(28-15)18-8-12-6-5-7-27-12/h12H,4-9H2,1-3H3,(H,18,19)/t12-/m0/s1. The Morgan fingerprint density at radius 1 is 1.50 bits per heavy atom. The molecule has 1 aliphatic heterocycles. The van der Waals surface area contributed by atoms with Crippen LogP contribution < -0.4 is 5.32 Å². The molecule has 2 aromatic heterocycles. The number of nitro groups is 1. The van der Waals surface area contributed by atoms with Crippen molar-refractivity contribution in [2.45, 2.75) is 46.3 Å². The minimum absolute atomic E-state index is 0.0235. The van der Waals surface area contributed by atoms with Gasteiger partial charge in [0.25, 0.3) is 0 Å². The molecule has 0 aliphatic carbocycles. The zero-order valence-corrected chi connectivity index (χ0v) is 16.9. The van der Waals surface area contributed by atoms with E-state index in [1.807, 2.05) is 0 Å². The summed E-state index contributed by atoms with van der Waals surface area (Å²) >= 11 is 1.21. The maximum absolute atomic E-state index is 12.4. The summed E-state index contributed by atoms with van der Waals surface area (Å²) in [6, 6.07) is 0. The number of thiazole rings is 1. The fraction of sp³-hybridized carbons (Fsp3) is 0.588. The normalized spacial score (nSPS) is 16.3. The summed E-state index contributed by atoms with van der Waals surface area (Å²) in [7, 11) is 0. The molecule has 1 aliphatic rings. The summed E-state index contributed by atoms with van der Waals surface area (Å²) in [6.07, 6.45) is 2.17. The molecule has 152 valence electrons. The quantitative estimate of drug-likeness (QED) is 0.401. The second-order valence-electron chi connectivity index (χ2n) is 6.47. The van der Waals surface area contributed by atoms with E-state index in [2.05, 4.69) is 15.4 Å². The highest BCUT2D eigenvalue weighted by Crippen LogP contribution is 2.28. The summed E-state index contributed by atoms with van der Waals surface area (Å²) in [5.41, 5.74) is 1.19. The molecule has 1 fully saturated rings. The van der Waals surface area contributed by atoms with Gasteiger partial charge in [0.1, 0.15) is 16.3 Å². The fourth-order valence-electron chi connectivity index (χ4n) is 3.14. The number of carbonyl (C=O) groups is 1. The molecule has 1 atom stereocenters. The Morgan fingerprint density at radius 3 is 2.89 bits per heavy atom. The molecule has 0 saturated carbocycles. The molecule has 0 aromatic carbocycles. The van der Waals surface area contributed by atoms with Gasteiger partial charge in [-0.05, 0) is 33.6 Å². The third-order valence-electron chi connectivity index (χ3n) is 4.49. The molecule has 0 bridgehead atoms. The average molecular weight is 409 g/mol. The van der Waals surface area contributed by atoms with Gasteiger partial charge in [0.05, 0.1) is 29.9 Å². The number of hydrogen-bond acceptors (Lipinski definition) is 9. The number of carbonyl (C=O) groups excluding carboxylic acids is 1. The second kappa shape index (κ2) is 8.65. The molecule has 2 aromatic rings. The highest BCUT2D eigenvalue weighted by atomic mass is 32.1. The van der Waals surface area contributed by atoms with Crippen LogP contribution >= 0.6 is 11.3 Å². The van der Waals surface area contributed by atoms with Crippen molar-refractivity contribution in [3.8, 4) is 0 Å². The molecule has 10 nitrogen and oxygen atoms in total. The van der Waals surface area contributed by atoms with E-state index in [0.717, 1.165) is 19.4 Å². The smallest absolute Gasteiger partial charge is 0.350 e. The number of esters is 1. The molecule has 0 amide bonds. The van der Waals surface area contributed by atoms with Gasteiger partial charge in [-0.3, -0.25) is 14.8 Å². The first-order valence-electron chi connectivity index (χ1n) is 9.11. The number of rotatable bonds is 8. The number of aromatic nitrogens is 3. The van der Waals surface area contributed by atoms with Crippen molar-refractivity contribution in [2.75, 3.05) is 25.1 Å². The van der Waals surface area contributed by atoms with Crippen molar-refractivity contribution < 1.29 is 19.2 Å². The first kappa shape index (κ1) is 20.2. The summed E-state index contributed by atoms with van der Waals surface area (Å²) < 4.78 is 12.2. The van der Waals surface area contributed by atoms with Crippen LogP contribution in [0.1, 0.15) is 46.5 Å². The molecule has 0 spiro atoms. The Bertz CT molecular complexity index is 872. The van der Waals surface area contributed by atoms with Gasteiger partial charge in [0.2, 0.25) is 0 Å². The van der Waals surface area contributed by atoms with E-state index in [1.54, 1.807) is 20.8 Å². The predicted molar refractivity (Wildman–Crippen MR) is 103 cm³/mol. The Hall–Kier alpha value is -2.53. The number of nitrogens with one attached hydrogen (secondary N) is 1. The SMILES string of the molecule is CCOC(=O)c1sc(NC[C@@H]2CCCO2)nc1Cn1nc(C)c([N+](=O)[O-])c1C. The third-order valence-corrected chi connectivity index (χ3v) is 5.52. The number of hydrogen-bond donors (Lipinski definition) is 1. The van der Waals surface area contributed by atoms with Crippen molar-refractivity contribution in [1.82, 2.24) is 14.8 Å². The van der Waals surface area contributed by atoms with Gasteiger partial charge in [0.15, 0.2) is 5.13 Å². The number of anilines is 1. The van der Waals surface area contributed by atoms with Crippen LogP contribution in [0, 0.1) is 24.0 Å². The van der Waals surface area contributed by atoms with Crippen LogP contribution in [0.25, 0.3) is 0 Å². The topological polar surface area (TPSA) is 121 Å². The van der Waals surface area contributed by atoms with Gasteiger partial charge < -0.3 is 14.8 Å². The van der Waals surface area contributed by atoms with Crippen molar-refractivity contribution in [2.24, 2.45) is 0 Å². The van der Waals surface area contributed by atoms with Gasteiger partial charge in [-0.15, -0.1) is 0 Å². The Labute approximate surface area is 166 Å². The van der Waals surface area contributed by atoms with Gasteiger partial charge in [-0.25, -0.2) is 9.78 Å². The van der Waals surface area contributed by atoms with Crippen LogP contribution in [0.2, 0.25) is 0 Å². The molecular weight excluding hydrogens is 386 g/mol. The monoisotopic (exact) mass is 409 g/mol. The molecule has 0 radical (unpaired) electrons. The molecule has 1 N–H and O–H groups in total. The molecule has 0 unspecified atom stereocenters. The van der Waals surface area contributed by atoms with Crippen molar-refractivity contribution in [3.05, 3.63) is 32.1 Å². The zero-order valence-electron chi connectivity index (χ0n) is 16.1. The van der Waals surface area contributed by atoms with E-state index in [4.69, 9.17) is 9.47 Å². The van der Waals surface area contributed by atoms with E-state index in [9.17, 15) is 14.9 Å². The predicted octanol–water partition coefficient (Wildman–Crippen LogP) is 2.68. The first-order valence-corrected chi connectivity index (χ1v) is 9.93. The molecule has 11 heteroatoms. The van der Waals surface area contributed by atoms with E-state index in [-0.39, 0.29) is 24.9 Å². The number of ether oxygens (including phenoxy) is 2. The van der Waals surface area contributed by atoms with Crippen LogP contribution in [-0.4, -0.2) is 51.5 Å². The lowest BCUT2D eigenvalue weighted by molar-refractivity contribution is -0.386. The summed E-state index contributed by atoms with van der Waals surface area (Å²) in [5.74, 6) is -0.462. The Morgan fingerprint density at radius 2 is 2.29 bits per heavy atom. The zero-order chi connectivity index (χ0) is 20.3. The fourth-order valence-corrected chi connectivity index (χ4v) is 4.02. The lowest BCUT2D eigenvalue weighted by Crippen LogP contribution is -2.18. The van der Waals surface area contributed by atoms with Crippen molar-refractivity contribution in [1.29, 1.82) is 0 Å². The van der Waals surface area contributed by atoms with Gasteiger partial charge in [0, 0.05) is 13.2 Å².